The van der Waals surface area contributed by atoms with Crippen LogP contribution in [-0.2, 0) is 17.8 Å². The highest BCUT2D eigenvalue weighted by atomic mass is 35.5. The molecule has 0 saturated heterocycles. The highest BCUT2D eigenvalue weighted by Gasteiger charge is 2.15. The van der Waals surface area contributed by atoms with E-state index in [2.05, 4.69) is 15.1 Å². The molecule has 1 amide bonds. The number of amides is 1. The second kappa shape index (κ2) is 8.58. The molecule has 0 spiro atoms. The van der Waals surface area contributed by atoms with E-state index >= 15 is 0 Å². The lowest BCUT2D eigenvalue weighted by molar-refractivity contribution is -0.130. The van der Waals surface area contributed by atoms with Crippen molar-refractivity contribution < 1.29 is 9.32 Å². The first-order valence-corrected chi connectivity index (χ1v) is 8.72. The van der Waals surface area contributed by atoms with E-state index in [1.54, 1.807) is 24.2 Å². The van der Waals surface area contributed by atoms with Crippen molar-refractivity contribution in [2.24, 2.45) is 0 Å². The highest BCUT2D eigenvalue weighted by molar-refractivity contribution is 6.30. The van der Waals surface area contributed by atoms with Gasteiger partial charge in [-0.2, -0.15) is 4.98 Å². The smallest absolute Gasteiger partial charge is 0.246 e. The minimum Gasteiger partial charge on any atom is -0.337 e. The van der Waals surface area contributed by atoms with Crippen molar-refractivity contribution in [1.82, 2.24) is 20.0 Å². The molecule has 0 radical (unpaired) electrons. The fraction of sp³-hybridized carbons (Fsp3) is 0.263. The number of rotatable bonds is 7. The van der Waals surface area contributed by atoms with E-state index in [1.807, 2.05) is 36.4 Å². The van der Waals surface area contributed by atoms with Crippen LogP contribution in [0.3, 0.4) is 0 Å². The molecule has 6 nitrogen and oxygen atoms in total. The van der Waals surface area contributed by atoms with Crippen molar-refractivity contribution in [3.05, 3.63) is 65.1 Å². The van der Waals surface area contributed by atoms with Crippen LogP contribution in [0.4, 0.5) is 0 Å². The third-order valence-electron chi connectivity index (χ3n) is 3.93. The second-order valence-electron chi connectivity index (χ2n) is 5.96. The number of nitrogens with zero attached hydrogens (tertiary/aromatic N) is 4. The minimum absolute atomic E-state index is 0.0385. The Balaban J connectivity index is 1.48. The molecular formula is C19H19ClN4O2. The number of pyridine rings is 1. The third kappa shape index (κ3) is 4.89. The molecule has 0 aliphatic rings. The molecule has 1 aromatic carbocycles. The molecule has 0 bridgehead atoms. The summed E-state index contributed by atoms with van der Waals surface area (Å²) in [6.45, 7) is 0.277. The molecule has 0 fully saturated rings. The summed E-state index contributed by atoms with van der Waals surface area (Å²) in [5, 5.41) is 4.63. The van der Waals surface area contributed by atoms with Gasteiger partial charge in [0.1, 0.15) is 5.69 Å². The quantitative estimate of drug-likeness (QED) is 0.633. The van der Waals surface area contributed by atoms with Gasteiger partial charge in [0.15, 0.2) is 0 Å². The first-order valence-electron chi connectivity index (χ1n) is 8.34. The Morgan fingerprint density at radius 2 is 2.00 bits per heavy atom. The molecule has 0 aliphatic heterocycles. The Bertz CT molecular complexity index is 849. The molecule has 0 saturated carbocycles. The Kier molecular flexibility index (Phi) is 5.96. The van der Waals surface area contributed by atoms with E-state index in [0.717, 1.165) is 12.8 Å². The third-order valence-corrected chi connectivity index (χ3v) is 4.18. The summed E-state index contributed by atoms with van der Waals surface area (Å²) in [5.41, 5.74) is 1.81. The molecule has 2 aromatic heterocycles. The summed E-state index contributed by atoms with van der Waals surface area (Å²) < 4.78 is 5.22. The monoisotopic (exact) mass is 370 g/mol. The molecule has 3 rings (SSSR count). The summed E-state index contributed by atoms with van der Waals surface area (Å²) in [4.78, 5) is 22.3. The van der Waals surface area contributed by atoms with E-state index in [0.29, 0.717) is 28.9 Å². The number of aryl methyl sites for hydroxylation is 1. The molecule has 0 N–H and O–H groups in total. The molecule has 2 heterocycles. The zero-order valence-corrected chi connectivity index (χ0v) is 15.2. The van der Waals surface area contributed by atoms with Crippen LogP contribution in [0.2, 0.25) is 5.02 Å². The molecule has 0 atom stereocenters. The van der Waals surface area contributed by atoms with Crippen LogP contribution in [0.1, 0.15) is 24.3 Å². The molecule has 3 aromatic rings. The van der Waals surface area contributed by atoms with E-state index in [4.69, 9.17) is 16.1 Å². The normalized spacial score (nSPS) is 10.7. The maximum Gasteiger partial charge on any atom is 0.246 e. The Morgan fingerprint density at radius 3 is 2.73 bits per heavy atom. The first-order chi connectivity index (χ1) is 12.6. The predicted molar refractivity (Wildman–Crippen MR) is 98.4 cm³/mol. The molecular weight excluding hydrogens is 352 g/mol. The van der Waals surface area contributed by atoms with Gasteiger partial charge in [-0.15, -0.1) is 0 Å². The van der Waals surface area contributed by atoms with E-state index in [-0.39, 0.29) is 12.5 Å². The van der Waals surface area contributed by atoms with Crippen LogP contribution in [0, 0.1) is 0 Å². The zero-order chi connectivity index (χ0) is 18.4. The lowest BCUT2D eigenvalue weighted by Gasteiger charge is -2.14. The summed E-state index contributed by atoms with van der Waals surface area (Å²) in [6, 6.07) is 13.2. The van der Waals surface area contributed by atoms with Gasteiger partial charge in [0, 0.05) is 24.7 Å². The summed E-state index contributed by atoms with van der Waals surface area (Å²) >= 11 is 5.87. The van der Waals surface area contributed by atoms with Crippen LogP contribution in [0.15, 0.2) is 53.2 Å². The molecule has 0 aliphatic carbocycles. The number of carbonyl (C=O) groups excluding carboxylic acids is 1. The second-order valence-corrected chi connectivity index (χ2v) is 6.39. The van der Waals surface area contributed by atoms with Gasteiger partial charge in [-0.05, 0) is 42.7 Å². The zero-order valence-electron chi connectivity index (χ0n) is 14.4. The van der Waals surface area contributed by atoms with Crippen LogP contribution >= 0.6 is 11.6 Å². The maximum atomic E-state index is 12.3. The first kappa shape index (κ1) is 18.1. The molecule has 7 heteroatoms. The Hall–Kier alpha value is -2.73. The Labute approximate surface area is 156 Å². The average Bonchev–Trinajstić information content (AvgIpc) is 3.12. The van der Waals surface area contributed by atoms with Gasteiger partial charge >= 0.3 is 0 Å². The summed E-state index contributed by atoms with van der Waals surface area (Å²) in [5.74, 6) is 0.847. The molecule has 26 heavy (non-hydrogen) atoms. The van der Waals surface area contributed by atoms with Crippen molar-refractivity contribution in [2.75, 3.05) is 7.05 Å². The molecule has 134 valence electrons. The minimum atomic E-state index is 0.0385. The van der Waals surface area contributed by atoms with Gasteiger partial charge in [-0.1, -0.05) is 35.0 Å². The van der Waals surface area contributed by atoms with Gasteiger partial charge < -0.3 is 9.42 Å². The average molecular weight is 371 g/mol. The standard InChI is InChI=1S/C19H19ClN4O2/c1-24(18(25)7-4-5-14-8-10-15(20)11-9-14)13-17-22-19(23-26-17)16-6-2-3-12-21-16/h2-3,6,8-12H,4-5,7,13H2,1H3. The van der Waals surface area contributed by atoms with Crippen molar-refractivity contribution in [3.8, 4) is 11.5 Å². The van der Waals surface area contributed by atoms with Crippen molar-refractivity contribution in [3.63, 3.8) is 0 Å². The number of hydrogen-bond donors (Lipinski definition) is 0. The van der Waals surface area contributed by atoms with Crippen molar-refractivity contribution in [2.45, 2.75) is 25.8 Å². The van der Waals surface area contributed by atoms with E-state index in [1.165, 1.54) is 5.56 Å². The van der Waals surface area contributed by atoms with E-state index < -0.39 is 0 Å². The van der Waals surface area contributed by atoms with Gasteiger partial charge in [-0.3, -0.25) is 9.78 Å². The predicted octanol–water partition coefficient (Wildman–Crippen LogP) is 3.77. The lowest BCUT2D eigenvalue weighted by Crippen LogP contribution is -2.26. The fourth-order valence-electron chi connectivity index (χ4n) is 2.49. The van der Waals surface area contributed by atoms with E-state index in [9.17, 15) is 4.79 Å². The highest BCUT2D eigenvalue weighted by Crippen LogP contribution is 2.14. The fourth-order valence-corrected chi connectivity index (χ4v) is 2.62. The van der Waals surface area contributed by atoms with Gasteiger partial charge in [-0.25, -0.2) is 0 Å². The maximum absolute atomic E-state index is 12.3. The van der Waals surface area contributed by atoms with Gasteiger partial charge in [0.25, 0.3) is 0 Å². The number of benzene rings is 1. The number of carbonyl (C=O) groups is 1. The van der Waals surface area contributed by atoms with Crippen LogP contribution in [0.25, 0.3) is 11.5 Å². The number of halogens is 1. The summed E-state index contributed by atoms with van der Waals surface area (Å²) in [6.07, 6.45) is 3.73. The van der Waals surface area contributed by atoms with Gasteiger partial charge in [0.05, 0.1) is 6.54 Å². The Morgan fingerprint density at radius 1 is 1.19 bits per heavy atom. The van der Waals surface area contributed by atoms with Crippen molar-refractivity contribution in [1.29, 1.82) is 0 Å². The largest absolute Gasteiger partial charge is 0.337 e. The number of hydrogen-bond acceptors (Lipinski definition) is 5. The van der Waals surface area contributed by atoms with Crippen molar-refractivity contribution >= 4 is 17.5 Å². The number of aromatic nitrogens is 3. The van der Waals surface area contributed by atoms with Crippen LogP contribution in [0.5, 0.6) is 0 Å². The summed E-state index contributed by atoms with van der Waals surface area (Å²) in [7, 11) is 1.73. The topological polar surface area (TPSA) is 72.1 Å². The van der Waals surface area contributed by atoms with Crippen LogP contribution in [-0.4, -0.2) is 33.0 Å². The van der Waals surface area contributed by atoms with Gasteiger partial charge in [0.2, 0.25) is 17.6 Å². The SMILES string of the molecule is CN(Cc1nc(-c2ccccn2)no1)C(=O)CCCc1ccc(Cl)cc1. The molecule has 0 unspecified atom stereocenters. The van der Waals surface area contributed by atoms with Crippen LogP contribution < -0.4 is 0 Å². The lowest BCUT2D eigenvalue weighted by atomic mass is 10.1.